The number of nitrogens with one attached hydrogen (secondary N) is 1. The van der Waals surface area contributed by atoms with Crippen LogP contribution >= 0.6 is 7.82 Å². The molecule has 0 bridgehead atoms. The quantitative estimate of drug-likeness (QED) is 0.0243. The molecular weight excluding hydrogens is 864 g/mol. The van der Waals surface area contributed by atoms with Crippen molar-refractivity contribution in [1.29, 1.82) is 0 Å². The van der Waals surface area contributed by atoms with Crippen molar-refractivity contribution in [2.45, 2.75) is 309 Å². The molecule has 0 heterocycles. The highest BCUT2D eigenvalue weighted by atomic mass is 31.2. The summed E-state index contributed by atoms with van der Waals surface area (Å²) >= 11 is 0. The van der Waals surface area contributed by atoms with E-state index in [1.165, 1.54) is 238 Å². The molecule has 3 N–H and O–H groups in total. The number of carbonyl (C=O) groups excluding carboxylic acids is 1. The molecule has 0 radical (unpaired) electrons. The smallest absolute Gasteiger partial charge is 0.387 e. The maximum Gasteiger partial charge on any atom is 0.472 e. The van der Waals surface area contributed by atoms with Gasteiger partial charge in [-0.05, 0) is 44.9 Å². The number of unbranched alkanes of at least 4 members (excludes halogenated alkanes) is 40. The van der Waals surface area contributed by atoms with Crippen molar-refractivity contribution >= 4 is 13.7 Å². The number of quaternary nitrogens is 1. The average Bonchev–Trinajstić information content (AvgIpc) is 3.30. The Bertz CT molecular complexity index is 1160. The van der Waals surface area contributed by atoms with Crippen molar-refractivity contribution in [3.05, 3.63) is 24.3 Å². The second kappa shape index (κ2) is 50.9. The minimum atomic E-state index is -4.33. The zero-order valence-electron chi connectivity index (χ0n) is 46.1. The molecular formula is C59H118N2O6P+. The van der Waals surface area contributed by atoms with Gasteiger partial charge < -0.3 is 19.8 Å². The van der Waals surface area contributed by atoms with Gasteiger partial charge >= 0.3 is 7.82 Å². The molecule has 0 aliphatic heterocycles. The van der Waals surface area contributed by atoms with Crippen LogP contribution in [0.25, 0.3) is 0 Å². The molecule has 0 saturated heterocycles. The Morgan fingerprint density at radius 3 is 1.13 bits per heavy atom. The number of hydrogen-bond donors (Lipinski definition) is 3. The van der Waals surface area contributed by atoms with Gasteiger partial charge in [0.1, 0.15) is 13.2 Å². The van der Waals surface area contributed by atoms with E-state index in [1.807, 2.05) is 27.2 Å². The Morgan fingerprint density at radius 1 is 0.485 bits per heavy atom. The lowest BCUT2D eigenvalue weighted by Gasteiger charge is -2.25. The van der Waals surface area contributed by atoms with Crippen molar-refractivity contribution in [3.8, 4) is 0 Å². The number of likely N-dealkylation sites (N-methyl/N-ethyl adjacent to an activating group) is 1. The molecule has 0 rings (SSSR count). The van der Waals surface area contributed by atoms with E-state index in [0.717, 1.165) is 38.5 Å². The monoisotopic (exact) mass is 982 g/mol. The van der Waals surface area contributed by atoms with Crippen LogP contribution in [-0.4, -0.2) is 73.4 Å². The molecule has 0 fully saturated rings. The number of phosphoric ester groups is 1. The molecule has 404 valence electrons. The second-order valence-electron chi connectivity index (χ2n) is 21.7. The molecule has 0 aromatic rings. The lowest BCUT2D eigenvalue weighted by molar-refractivity contribution is -0.870. The van der Waals surface area contributed by atoms with E-state index in [0.29, 0.717) is 17.4 Å². The van der Waals surface area contributed by atoms with Crippen LogP contribution in [0.15, 0.2) is 24.3 Å². The molecule has 8 nitrogen and oxygen atoms in total. The van der Waals surface area contributed by atoms with Gasteiger partial charge in [-0.25, -0.2) is 4.57 Å². The van der Waals surface area contributed by atoms with Crippen molar-refractivity contribution in [1.82, 2.24) is 5.32 Å². The summed E-state index contributed by atoms with van der Waals surface area (Å²) in [4.78, 5) is 23.2. The topological polar surface area (TPSA) is 105 Å². The number of nitrogens with zero attached hydrogens (tertiary/aromatic N) is 1. The summed E-state index contributed by atoms with van der Waals surface area (Å²) in [5.74, 6) is -0.175. The maximum absolute atomic E-state index is 12.9. The number of phosphoric acid groups is 1. The van der Waals surface area contributed by atoms with Crippen LogP contribution in [0.2, 0.25) is 0 Å². The van der Waals surface area contributed by atoms with E-state index in [-0.39, 0.29) is 19.1 Å². The van der Waals surface area contributed by atoms with Gasteiger partial charge in [-0.3, -0.25) is 13.8 Å². The van der Waals surface area contributed by atoms with Crippen molar-refractivity contribution in [2.75, 3.05) is 40.9 Å². The van der Waals surface area contributed by atoms with Gasteiger partial charge in [0, 0.05) is 6.42 Å². The van der Waals surface area contributed by atoms with Crippen LogP contribution in [0.4, 0.5) is 0 Å². The molecule has 0 aliphatic rings. The first kappa shape index (κ1) is 67.0. The highest BCUT2D eigenvalue weighted by Gasteiger charge is 2.27. The molecule has 0 aliphatic carbocycles. The summed E-state index contributed by atoms with van der Waals surface area (Å²) in [6.45, 7) is 4.81. The van der Waals surface area contributed by atoms with Gasteiger partial charge in [0.15, 0.2) is 0 Å². The highest BCUT2D eigenvalue weighted by Crippen LogP contribution is 2.43. The predicted molar refractivity (Wildman–Crippen MR) is 295 cm³/mol. The third kappa shape index (κ3) is 52.8. The molecule has 0 aromatic carbocycles. The molecule has 0 aromatic heterocycles. The number of hydrogen-bond acceptors (Lipinski definition) is 5. The molecule has 0 saturated carbocycles. The fourth-order valence-corrected chi connectivity index (χ4v) is 9.72. The zero-order valence-corrected chi connectivity index (χ0v) is 47.0. The zero-order chi connectivity index (χ0) is 49.9. The minimum absolute atomic E-state index is 0.0632. The molecule has 0 spiro atoms. The Morgan fingerprint density at radius 2 is 0.794 bits per heavy atom. The number of allylic oxidation sites excluding steroid dienone is 3. The number of aliphatic hydroxyl groups is 1. The summed E-state index contributed by atoms with van der Waals surface area (Å²) in [6.07, 6.45) is 64.7. The van der Waals surface area contributed by atoms with E-state index < -0.39 is 20.0 Å². The molecule has 3 unspecified atom stereocenters. The summed E-state index contributed by atoms with van der Waals surface area (Å²) in [7, 11) is 1.58. The van der Waals surface area contributed by atoms with E-state index in [1.54, 1.807) is 6.08 Å². The van der Waals surface area contributed by atoms with Crippen molar-refractivity contribution in [2.24, 2.45) is 0 Å². The van der Waals surface area contributed by atoms with Crippen molar-refractivity contribution in [3.63, 3.8) is 0 Å². The normalized spacial score (nSPS) is 14.0. The summed E-state index contributed by atoms with van der Waals surface area (Å²) < 4.78 is 23.6. The first-order valence-electron chi connectivity index (χ1n) is 29.7. The largest absolute Gasteiger partial charge is 0.472 e. The molecule has 68 heavy (non-hydrogen) atoms. The highest BCUT2D eigenvalue weighted by molar-refractivity contribution is 7.47. The Labute approximate surface area is 424 Å². The number of carbonyl (C=O) groups is 1. The summed E-state index contributed by atoms with van der Waals surface area (Å²) in [5.41, 5.74) is 0. The van der Waals surface area contributed by atoms with Crippen LogP contribution in [0, 0.1) is 0 Å². The number of amides is 1. The first-order valence-corrected chi connectivity index (χ1v) is 31.2. The van der Waals surface area contributed by atoms with Gasteiger partial charge in [0.05, 0.1) is 39.9 Å². The van der Waals surface area contributed by atoms with Gasteiger partial charge in [0.2, 0.25) is 5.91 Å². The van der Waals surface area contributed by atoms with Crippen LogP contribution in [0.3, 0.4) is 0 Å². The number of rotatable bonds is 55. The second-order valence-corrected chi connectivity index (χ2v) is 23.2. The molecule has 3 atom stereocenters. The lowest BCUT2D eigenvalue weighted by Crippen LogP contribution is -2.45. The van der Waals surface area contributed by atoms with Gasteiger partial charge in [-0.2, -0.15) is 0 Å². The van der Waals surface area contributed by atoms with E-state index in [9.17, 15) is 19.4 Å². The van der Waals surface area contributed by atoms with Crippen LogP contribution in [0.5, 0.6) is 0 Å². The van der Waals surface area contributed by atoms with Crippen LogP contribution in [0.1, 0.15) is 296 Å². The van der Waals surface area contributed by atoms with E-state index >= 15 is 0 Å². The Kier molecular flexibility index (Phi) is 50.1. The predicted octanol–water partition coefficient (Wildman–Crippen LogP) is 18.0. The Hall–Kier alpha value is -1.02. The Balaban J connectivity index is 3.82. The SMILES string of the molecule is CCCCCCCCC/C=C/C(O)C(COP(=O)(O)OCC[N+](C)(C)C)NC(=O)CCCCCCCCCCCCCCCCCCC/C=C\CCCCCCCCCCCCCCCCCC. The fraction of sp³-hybridized carbons (Fsp3) is 0.915. The van der Waals surface area contributed by atoms with E-state index in [4.69, 9.17) is 9.05 Å². The molecule has 9 heteroatoms. The van der Waals surface area contributed by atoms with Gasteiger partial charge in [-0.15, -0.1) is 0 Å². The van der Waals surface area contributed by atoms with Crippen LogP contribution < -0.4 is 5.32 Å². The maximum atomic E-state index is 12.9. The fourth-order valence-electron chi connectivity index (χ4n) is 8.98. The van der Waals surface area contributed by atoms with Gasteiger partial charge in [-0.1, -0.05) is 269 Å². The van der Waals surface area contributed by atoms with Crippen molar-refractivity contribution < 1.29 is 32.9 Å². The third-order valence-electron chi connectivity index (χ3n) is 13.7. The summed E-state index contributed by atoms with van der Waals surface area (Å²) in [6, 6.07) is -0.842. The number of aliphatic hydroxyl groups excluding tert-OH is 1. The first-order chi connectivity index (χ1) is 33.0. The van der Waals surface area contributed by atoms with Crippen LogP contribution in [-0.2, 0) is 18.4 Å². The average molecular weight is 983 g/mol. The minimum Gasteiger partial charge on any atom is -0.387 e. The summed E-state index contributed by atoms with van der Waals surface area (Å²) in [5, 5.41) is 13.8. The standard InChI is InChI=1S/C59H117N2O6P/c1-6-8-10-12-14-16-17-18-19-20-21-22-23-24-25-26-27-28-29-30-31-32-33-34-35-36-37-38-39-40-41-42-43-45-47-49-51-53-59(63)60-57(56-67-68(64,65)66-55-54-61(3,4)5)58(62)52-50-48-46-44-15-13-11-9-7-2/h28-29,50,52,57-58,62H,6-27,30-49,51,53-56H2,1-5H3,(H-,60,63,64,65)/p+1/b29-28-,52-50+. The molecule has 1 amide bonds. The lowest BCUT2D eigenvalue weighted by atomic mass is 10.0. The van der Waals surface area contributed by atoms with E-state index in [2.05, 4.69) is 31.3 Å². The van der Waals surface area contributed by atoms with Gasteiger partial charge in [0.25, 0.3) is 0 Å². The third-order valence-corrected chi connectivity index (χ3v) is 14.6.